The monoisotopic (exact) mass is 356 g/mol. The van der Waals surface area contributed by atoms with Gasteiger partial charge in [-0.2, -0.15) is 0 Å². The highest BCUT2D eigenvalue weighted by Gasteiger charge is 2.43. The van der Waals surface area contributed by atoms with E-state index in [0.29, 0.717) is 0 Å². The van der Waals surface area contributed by atoms with E-state index >= 15 is 0 Å². The van der Waals surface area contributed by atoms with Crippen molar-refractivity contribution in [2.75, 3.05) is 27.3 Å². The van der Waals surface area contributed by atoms with E-state index in [1.54, 1.807) is 0 Å². The maximum absolute atomic E-state index is 12.2. The largest absolute Gasteiger partial charge is 0.468 e. The Morgan fingerprint density at radius 3 is 2.62 bits per heavy atom. The second-order valence-electron chi connectivity index (χ2n) is 7.17. The fraction of sp³-hybridized carbons (Fsp3) is 0.500. The summed E-state index contributed by atoms with van der Waals surface area (Å²) in [6, 6.07) is 8.56. The van der Waals surface area contributed by atoms with Crippen molar-refractivity contribution in [3.8, 4) is 0 Å². The van der Waals surface area contributed by atoms with Gasteiger partial charge in [0.05, 0.1) is 20.3 Å². The molecule has 0 unspecified atom stereocenters. The van der Waals surface area contributed by atoms with E-state index in [2.05, 4.69) is 28.1 Å². The number of carbonyl (C=O) groups is 2. The second-order valence-corrected chi connectivity index (χ2v) is 7.17. The number of aromatic nitrogens is 1. The molecule has 0 bridgehead atoms. The molecule has 0 radical (unpaired) electrons. The molecule has 26 heavy (non-hydrogen) atoms. The van der Waals surface area contributed by atoms with Crippen molar-refractivity contribution in [1.29, 1.82) is 0 Å². The number of methoxy groups -OCH3 is 2. The Labute approximate surface area is 152 Å². The molecule has 2 aromatic rings. The zero-order chi connectivity index (χ0) is 18.3. The molecule has 6 nitrogen and oxygen atoms in total. The van der Waals surface area contributed by atoms with Crippen molar-refractivity contribution >= 4 is 22.8 Å². The van der Waals surface area contributed by atoms with Gasteiger partial charge < -0.3 is 14.5 Å². The molecular formula is C20H24N2O4. The lowest BCUT2D eigenvalue weighted by Gasteiger charge is -2.43. The third-order valence-corrected chi connectivity index (χ3v) is 5.96. The van der Waals surface area contributed by atoms with Crippen LogP contribution in [0.3, 0.4) is 0 Å². The highest BCUT2D eigenvalue weighted by Crippen LogP contribution is 2.43. The first kappa shape index (κ1) is 17.1. The summed E-state index contributed by atoms with van der Waals surface area (Å²) in [6.07, 6.45) is 2.56. The number of rotatable bonds is 3. The molecule has 0 spiro atoms. The van der Waals surface area contributed by atoms with Crippen LogP contribution in [-0.4, -0.2) is 49.1 Å². The Hall–Kier alpha value is -2.34. The number of piperidine rings is 1. The summed E-state index contributed by atoms with van der Waals surface area (Å²) < 4.78 is 9.76. The van der Waals surface area contributed by atoms with Crippen LogP contribution in [0.2, 0.25) is 0 Å². The van der Waals surface area contributed by atoms with E-state index in [1.165, 1.54) is 30.9 Å². The number of aromatic amines is 1. The van der Waals surface area contributed by atoms with Gasteiger partial charge in [-0.25, -0.2) is 0 Å². The average Bonchev–Trinajstić information content (AvgIpc) is 3.07. The third-order valence-electron chi connectivity index (χ3n) is 5.96. The molecule has 1 saturated heterocycles. The van der Waals surface area contributed by atoms with Gasteiger partial charge in [-0.05, 0) is 43.4 Å². The molecule has 4 rings (SSSR count). The van der Waals surface area contributed by atoms with Gasteiger partial charge in [-0.3, -0.25) is 14.5 Å². The van der Waals surface area contributed by atoms with E-state index in [9.17, 15) is 9.59 Å². The molecule has 1 fully saturated rings. The summed E-state index contributed by atoms with van der Waals surface area (Å²) in [5.41, 5.74) is 3.75. The van der Waals surface area contributed by atoms with Crippen LogP contribution in [-0.2, 0) is 25.5 Å². The molecule has 138 valence electrons. The number of esters is 2. The van der Waals surface area contributed by atoms with Crippen molar-refractivity contribution in [2.24, 2.45) is 11.8 Å². The van der Waals surface area contributed by atoms with Crippen LogP contribution < -0.4 is 0 Å². The minimum atomic E-state index is -0.845. The number of nitrogens with zero attached hydrogens (tertiary/aromatic N) is 1. The molecule has 1 aromatic carbocycles. The molecule has 6 heteroatoms. The van der Waals surface area contributed by atoms with Gasteiger partial charge in [0.25, 0.3) is 0 Å². The number of fused-ring (bicyclic) bond motifs is 5. The van der Waals surface area contributed by atoms with Crippen molar-refractivity contribution in [1.82, 2.24) is 9.88 Å². The summed E-state index contributed by atoms with van der Waals surface area (Å²) in [5.74, 6) is -1.92. The zero-order valence-corrected chi connectivity index (χ0v) is 15.2. The predicted octanol–water partition coefficient (Wildman–Crippen LogP) is 2.44. The van der Waals surface area contributed by atoms with Crippen LogP contribution in [0.5, 0.6) is 0 Å². The summed E-state index contributed by atoms with van der Waals surface area (Å²) >= 11 is 0. The molecule has 0 amide bonds. The van der Waals surface area contributed by atoms with Gasteiger partial charge in [-0.15, -0.1) is 0 Å². The van der Waals surface area contributed by atoms with Crippen LogP contribution in [0.25, 0.3) is 10.9 Å². The number of ether oxygens (including phenoxy) is 2. The minimum Gasteiger partial charge on any atom is -0.468 e. The molecule has 1 aromatic heterocycles. The van der Waals surface area contributed by atoms with E-state index in [-0.39, 0.29) is 12.0 Å². The fourth-order valence-electron chi connectivity index (χ4n) is 4.68. The first-order chi connectivity index (χ1) is 12.6. The van der Waals surface area contributed by atoms with E-state index in [4.69, 9.17) is 9.47 Å². The van der Waals surface area contributed by atoms with E-state index in [0.717, 1.165) is 37.9 Å². The van der Waals surface area contributed by atoms with Crippen molar-refractivity contribution < 1.29 is 19.1 Å². The number of H-pyrrole nitrogens is 1. The van der Waals surface area contributed by atoms with Crippen LogP contribution in [0.15, 0.2) is 24.3 Å². The summed E-state index contributed by atoms with van der Waals surface area (Å²) in [7, 11) is 2.65. The van der Waals surface area contributed by atoms with Gasteiger partial charge in [0.15, 0.2) is 5.92 Å². The molecule has 3 heterocycles. The highest BCUT2D eigenvalue weighted by atomic mass is 16.5. The lowest BCUT2D eigenvalue weighted by Crippen LogP contribution is -2.45. The number of carbonyl (C=O) groups excluding carboxylic acids is 2. The molecular weight excluding hydrogens is 332 g/mol. The van der Waals surface area contributed by atoms with Gasteiger partial charge in [-0.1, -0.05) is 18.2 Å². The molecule has 0 aliphatic carbocycles. The Morgan fingerprint density at radius 2 is 1.88 bits per heavy atom. The number of hydrogen-bond acceptors (Lipinski definition) is 5. The Kier molecular flexibility index (Phi) is 4.44. The van der Waals surface area contributed by atoms with Crippen molar-refractivity contribution in [3.63, 3.8) is 0 Å². The lowest BCUT2D eigenvalue weighted by molar-refractivity contribution is -0.163. The standard InChI is InChI=1S/C20H24N2O4/c1-25-19(23)17(20(24)26-2)12-7-9-22-10-8-14-13-5-3-4-6-15(13)21-18(14)16(22)11-12/h3-6,12,16-17,21H,7-11H2,1-2H3/t12-,16-/m1/s1. The smallest absolute Gasteiger partial charge is 0.320 e. The van der Waals surface area contributed by atoms with E-state index < -0.39 is 17.9 Å². The third kappa shape index (κ3) is 2.69. The Bertz CT molecular complexity index is 827. The van der Waals surface area contributed by atoms with Gasteiger partial charge >= 0.3 is 11.9 Å². The van der Waals surface area contributed by atoms with Gasteiger partial charge in [0.2, 0.25) is 0 Å². The Morgan fingerprint density at radius 1 is 1.15 bits per heavy atom. The van der Waals surface area contributed by atoms with Crippen LogP contribution in [0.4, 0.5) is 0 Å². The summed E-state index contributed by atoms with van der Waals surface area (Å²) in [5, 5.41) is 1.28. The fourth-order valence-corrected chi connectivity index (χ4v) is 4.68. The second kappa shape index (κ2) is 6.76. The van der Waals surface area contributed by atoms with Crippen molar-refractivity contribution in [3.05, 3.63) is 35.5 Å². The number of hydrogen-bond donors (Lipinski definition) is 1. The quantitative estimate of drug-likeness (QED) is 0.676. The zero-order valence-electron chi connectivity index (χ0n) is 15.2. The van der Waals surface area contributed by atoms with Crippen LogP contribution in [0.1, 0.15) is 30.1 Å². The summed E-state index contributed by atoms with van der Waals surface area (Å²) in [4.78, 5) is 30.5. The highest BCUT2D eigenvalue weighted by molar-refractivity contribution is 5.95. The number of benzene rings is 1. The van der Waals surface area contributed by atoms with E-state index in [1.807, 2.05) is 6.07 Å². The normalized spacial score (nSPS) is 22.7. The van der Waals surface area contributed by atoms with Crippen LogP contribution in [0, 0.1) is 11.8 Å². The SMILES string of the molecule is COC(=O)C(C(=O)OC)[C@@H]1CCN2CCc3c([nH]c4ccccc34)[C@H]2C1. The maximum atomic E-state index is 12.2. The summed E-state index contributed by atoms with van der Waals surface area (Å²) in [6.45, 7) is 1.88. The van der Waals surface area contributed by atoms with Crippen molar-refractivity contribution in [2.45, 2.75) is 25.3 Å². The van der Waals surface area contributed by atoms with Gasteiger partial charge in [0, 0.05) is 23.1 Å². The van der Waals surface area contributed by atoms with Gasteiger partial charge in [0.1, 0.15) is 0 Å². The average molecular weight is 356 g/mol. The molecule has 0 saturated carbocycles. The Balaban J connectivity index is 1.67. The molecule has 2 atom stereocenters. The number of nitrogens with one attached hydrogen (secondary N) is 1. The maximum Gasteiger partial charge on any atom is 0.320 e. The first-order valence-electron chi connectivity index (χ1n) is 9.13. The molecule has 2 aliphatic heterocycles. The minimum absolute atomic E-state index is 0.0755. The predicted molar refractivity (Wildman–Crippen MR) is 96.6 cm³/mol. The molecule has 1 N–H and O–H groups in total. The van der Waals surface area contributed by atoms with Crippen LogP contribution >= 0.6 is 0 Å². The number of para-hydroxylation sites is 1. The molecule has 2 aliphatic rings. The topological polar surface area (TPSA) is 71.6 Å². The first-order valence-corrected chi connectivity index (χ1v) is 9.13. The lowest BCUT2D eigenvalue weighted by atomic mass is 9.78.